The van der Waals surface area contributed by atoms with Crippen LogP contribution in [0, 0.1) is 0 Å². The molecule has 152 valence electrons. The van der Waals surface area contributed by atoms with Gasteiger partial charge >= 0.3 is 0 Å². The Bertz CT molecular complexity index is 892. The fraction of sp³-hybridized carbons (Fsp3) is 0.421. The molecule has 1 aromatic carbocycles. The quantitative estimate of drug-likeness (QED) is 0.710. The maximum atomic E-state index is 12.9. The van der Waals surface area contributed by atoms with Crippen molar-refractivity contribution in [1.29, 1.82) is 0 Å². The Morgan fingerprint density at radius 3 is 2.68 bits per heavy atom. The molecule has 3 rings (SSSR count). The van der Waals surface area contributed by atoms with Crippen LogP contribution < -0.4 is 14.2 Å². The maximum absolute atomic E-state index is 12.9. The average molecular weight is 407 g/mol. The molecule has 1 aliphatic heterocycles. The monoisotopic (exact) mass is 407 g/mol. The summed E-state index contributed by atoms with van der Waals surface area (Å²) < 4.78 is 39.2. The predicted octanol–water partition coefficient (Wildman–Crippen LogP) is 1.55. The van der Waals surface area contributed by atoms with E-state index in [1.54, 1.807) is 44.7 Å². The van der Waals surface area contributed by atoms with Crippen molar-refractivity contribution in [2.75, 3.05) is 34.4 Å². The average Bonchev–Trinajstić information content (AvgIpc) is 3.10. The first-order chi connectivity index (χ1) is 13.5. The third-order valence-electron chi connectivity index (χ3n) is 4.74. The summed E-state index contributed by atoms with van der Waals surface area (Å²) in [5, 5.41) is 0.823. The van der Waals surface area contributed by atoms with Crippen molar-refractivity contribution in [3.8, 4) is 11.5 Å². The summed E-state index contributed by atoms with van der Waals surface area (Å²) in [4.78, 5) is 9.76. The molecule has 2 unspecified atom stereocenters. The number of nitrogens with zero attached hydrogens (tertiary/aromatic N) is 2. The van der Waals surface area contributed by atoms with Crippen molar-refractivity contribution in [3.05, 3.63) is 53.9 Å². The molecule has 1 aliphatic rings. The molecule has 0 saturated carbocycles. The van der Waals surface area contributed by atoms with Crippen LogP contribution in [0.1, 0.15) is 17.3 Å². The molecule has 28 heavy (non-hydrogen) atoms. The minimum Gasteiger partial charge on any atom is -0.493 e. The second-order valence-corrected chi connectivity index (χ2v) is 8.43. The van der Waals surface area contributed by atoms with Crippen LogP contribution in [-0.4, -0.2) is 58.1 Å². The van der Waals surface area contributed by atoms with Crippen LogP contribution in [0.2, 0.25) is 0 Å². The SMILES string of the molecule is COc1ccc(C2C(S(=O)(=O)NCCc3ccccn3)CON2C)cc1OC. The number of sulfonamides is 1. The number of nitrogens with one attached hydrogen (secondary N) is 1. The van der Waals surface area contributed by atoms with E-state index >= 15 is 0 Å². The Morgan fingerprint density at radius 1 is 1.21 bits per heavy atom. The smallest absolute Gasteiger partial charge is 0.218 e. The van der Waals surface area contributed by atoms with Gasteiger partial charge in [0.05, 0.1) is 26.9 Å². The summed E-state index contributed by atoms with van der Waals surface area (Å²) in [7, 11) is 1.22. The Morgan fingerprint density at radius 2 is 2.00 bits per heavy atom. The van der Waals surface area contributed by atoms with Crippen molar-refractivity contribution in [2.45, 2.75) is 17.7 Å². The first kappa shape index (κ1) is 20.5. The molecule has 0 bridgehead atoms. The zero-order valence-corrected chi connectivity index (χ0v) is 17.0. The molecule has 0 radical (unpaired) electrons. The molecule has 8 nitrogen and oxygen atoms in total. The molecule has 0 amide bonds. The van der Waals surface area contributed by atoms with Crippen LogP contribution in [0.25, 0.3) is 0 Å². The van der Waals surface area contributed by atoms with Gasteiger partial charge in [-0.05, 0) is 29.8 Å². The second-order valence-electron chi connectivity index (χ2n) is 6.45. The van der Waals surface area contributed by atoms with E-state index < -0.39 is 21.3 Å². The molecular formula is C19H25N3O5S. The van der Waals surface area contributed by atoms with E-state index in [9.17, 15) is 8.42 Å². The zero-order chi connectivity index (χ0) is 20.1. The fourth-order valence-corrected chi connectivity index (χ4v) is 4.80. The number of ether oxygens (including phenoxy) is 2. The first-order valence-electron chi connectivity index (χ1n) is 8.92. The number of benzene rings is 1. The Kier molecular flexibility index (Phi) is 6.50. The molecule has 2 atom stereocenters. The minimum atomic E-state index is -3.61. The van der Waals surface area contributed by atoms with Crippen LogP contribution in [0.4, 0.5) is 0 Å². The molecule has 0 spiro atoms. The largest absolute Gasteiger partial charge is 0.493 e. The van der Waals surface area contributed by atoms with Gasteiger partial charge in [0.15, 0.2) is 11.5 Å². The summed E-state index contributed by atoms with van der Waals surface area (Å²) in [6.07, 6.45) is 2.21. The Labute approximate surface area is 165 Å². The predicted molar refractivity (Wildman–Crippen MR) is 105 cm³/mol. The molecule has 9 heteroatoms. The lowest BCUT2D eigenvalue weighted by atomic mass is 10.0. The second kappa shape index (κ2) is 8.87. The van der Waals surface area contributed by atoms with Crippen LogP contribution in [-0.2, 0) is 21.3 Å². The summed E-state index contributed by atoms with van der Waals surface area (Å²) >= 11 is 0. The van der Waals surface area contributed by atoms with E-state index in [2.05, 4.69) is 9.71 Å². The van der Waals surface area contributed by atoms with Crippen molar-refractivity contribution in [2.24, 2.45) is 0 Å². The van der Waals surface area contributed by atoms with Crippen LogP contribution in [0.5, 0.6) is 11.5 Å². The van der Waals surface area contributed by atoms with Crippen molar-refractivity contribution >= 4 is 10.0 Å². The molecule has 1 N–H and O–H groups in total. The van der Waals surface area contributed by atoms with E-state index in [1.807, 2.05) is 24.3 Å². The normalized spacial score (nSPS) is 20.2. The van der Waals surface area contributed by atoms with E-state index in [-0.39, 0.29) is 13.2 Å². The summed E-state index contributed by atoms with van der Waals surface area (Å²) in [6, 6.07) is 10.5. The van der Waals surface area contributed by atoms with Gasteiger partial charge in [-0.15, -0.1) is 0 Å². The lowest BCUT2D eigenvalue weighted by molar-refractivity contribution is -0.110. The van der Waals surface area contributed by atoms with E-state index in [4.69, 9.17) is 14.3 Å². The number of methoxy groups -OCH3 is 2. The zero-order valence-electron chi connectivity index (χ0n) is 16.2. The molecule has 1 fully saturated rings. The highest BCUT2D eigenvalue weighted by Gasteiger charge is 2.43. The third-order valence-corrected chi connectivity index (χ3v) is 6.54. The number of hydrogen-bond acceptors (Lipinski definition) is 7. The van der Waals surface area contributed by atoms with Gasteiger partial charge < -0.3 is 9.47 Å². The van der Waals surface area contributed by atoms with Gasteiger partial charge in [0, 0.05) is 31.9 Å². The van der Waals surface area contributed by atoms with Gasteiger partial charge in [0.1, 0.15) is 5.25 Å². The van der Waals surface area contributed by atoms with Gasteiger partial charge in [0.2, 0.25) is 10.0 Å². The molecular weight excluding hydrogens is 382 g/mol. The van der Waals surface area contributed by atoms with Crippen LogP contribution in [0.15, 0.2) is 42.6 Å². The minimum absolute atomic E-state index is 0.0778. The summed E-state index contributed by atoms with van der Waals surface area (Å²) in [5.41, 5.74) is 1.61. The highest BCUT2D eigenvalue weighted by Crippen LogP contribution is 2.37. The Hall–Kier alpha value is -2.20. The molecule has 2 heterocycles. The van der Waals surface area contributed by atoms with E-state index in [0.29, 0.717) is 17.9 Å². The van der Waals surface area contributed by atoms with Crippen molar-refractivity contribution in [3.63, 3.8) is 0 Å². The molecule has 0 aliphatic carbocycles. The van der Waals surface area contributed by atoms with E-state index in [0.717, 1.165) is 11.3 Å². The lowest BCUT2D eigenvalue weighted by Crippen LogP contribution is -2.40. The van der Waals surface area contributed by atoms with Crippen LogP contribution in [0.3, 0.4) is 0 Å². The van der Waals surface area contributed by atoms with Crippen molar-refractivity contribution < 1.29 is 22.7 Å². The lowest BCUT2D eigenvalue weighted by Gasteiger charge is -2.24. The Balaban J connectivity index is 1.76. The number of aromatic nitrogens is 1. The maximum Gasteiger partial charge on any atom is 0.218 e. The van der Waals surface area contributed by atoms with E-state index in [1.165, 1.54) is 0 Å². The topological polar surface area (TPSA) is 90.0 Å². The van der Waals surface area contributed by atoms with Gasteiger partial charge in [-0.3, -0.25) is 9.82 Å². The van der Waals surface area contributed by atoms with Gasteiger partial charge in [-0.2, -0.15) is 5.06 Å². The number of pyridine rings is 1. The molecule has 1 aromatic heterocycles. The first-order valence-corrected chi connectivity index (χ1v) is 10.5. The fourth-order valence-electron chi connectivity index (χ4n) is 3.29. The summed E-state index contributed by atoms with van der Waals surface area (Å²) in [6.45, 7) is 0.354. The van der Waals surface area contributed by atoms with Gasteiger partial charge in [-0.25, -0.2) is 13.1 Å². The third kappa shape index (κ3) is 4.44. The van der Waals surface area contributed by atoms with Gasteiger partial charge in [0.25, 0.3) is 0 Å². The van der Waals surface area contributed by atoms with Crippen molar-refractivity contribution in [1.82, 2.24) is 14.8 Å². The number of hydroxylamine groups is 2. The number of rotatable bonds is 8. The standard InChI is InChI=1S/C19H25N3O5S/c1-22-19(14-7-8-16(25-2)17(12-14)26-3)18(13-27-22)28(23,24)21-11-9-15-6-4-5-10-20-15/h4-8,10,12,18-19,21H,9,11,13H2,1-3H3. The molecule has 1 saturated heterocycles. The molecule has 2 aromatic rings. The summed E-state index contributed by atoms with van der Waals surface area (Å²) in [5.74, 6) is 1.13. The highest BCUT2D eigenvalue weighted by molar-refractivity contribution is 7.90. The number of hydrogen-bond donors (Lipinski definition) is 1. The van der Waals surface area contributed by atoms with Crippen LogP contribution >= 0.6 is 0 Å². The van der Waals surface area contributed by atoms with Gasteiger partial charge in [-0.1, -0.05) is 12.1 Å². The highest BCUT2D eigenvalue weighted by atomic mass is 32.2.